The lowest BCUT2D eigenvalue weighted by Crippen LogP contribution is -2.50. The van der Waals surface area contributed by atoms with Gasteiger partial charge in [-0.3, -0.25) is 14.6 Å². The van der Waals surface area contributed by atoms with Crippen molar-refractivity contribution in [1.82, 2.24) is 25.3 Å². The Balaban J connectivity index is 1.59. The third-order valence-electron chi connectivity index (χ3n) is 4.92. The molecule has 1 aliphatic rings. The highest BCUT2D eigenvalue weighted by molar-refractivity contribution is 5.77. The molecule has 0 aliphatic carbocycles. The molecule has 2 heterocycles. The van der Waals surface area contributed by atoms with Gasteiger partial charge in [0.1, 0.15) is 5.82 Å². The Morgan fingerprint density at radius 3 is 2.74 bits per heavy atom. The molecule has 1 aliphatic heterocycles. The van der Waals surface area contributed by atoms with Gasteiger partial charge in [0.2, 0.25) is 17.6 Å². The van der Waals surface area contributed by atoms with Gasteiger partial charge in [0.15, 0.2) is 0 Å². The summed E-state index contributed by atoms with van der Waals surface area (Å²) in [5.41, 5.74) is 1.19. The van der Waals surface area contributed by atoms with Crippen LogP contribution in [0.3, 0.4) is 0 Å². The molecule has 1 amide bonds. The fourth-order valence-electron chi connectivity index (χ4n) is 3.18. The summed E-state index contributed by atoms with van der Waals surface area (Å²) >= 11 is 0. The van der Waals surface area contributed by atoms with Gasteiger partial charge in [0.25, 0.3) is 0 Å². The summed E-state index contributed by atoms with van der Waals surface area (Å²) < 4.78 is 19.2. The fraction of sp³-hybridized carbons (Fsp3) is 0.526. The van der Waals surface area contributed by atoms with Gasteiger partial charge in [-0.1, -0.05) is 17.3 Å². The first kappa shape index (κ1) is 19.4. The second-order valence-electron chi connectivity index (χ2n) is 6.86. The molecule has 7 nitrogen and oxygen atoms in total. The quantitative estimate of drug-likeness (QED) is 0.832. The largest absolute Gasteiger partial charge is 0.355 e. The first-order valence-electron chi connectivity index (χ1n) is 9.31. The van der Waals surface area contributed by atoms with E-state index in [-0.39, 0.29) is 17.8 Å². The van der Waals surface area contributed by atoms with E-state index in [4.69, 9.17) is 4.52 Å². The van der Waals surface area contributed by atoms with Gasteiger partial charge in [-0.05, 0) is 32.4 Å². The van der Waals surface area contributed by atoms with Crippen LogP contribution in [0, 0.1) is 12.7 Å². The van der Waals surface area contributed by atoms with E-state index in [0.717, 1.165) is 26.2 Å². The molecule has 0 saturated carbocycles. The zero-order valence-electron chi connectivity index (χ0n) is 16.0. The van der Waals surface area contributed by atoms with E-state index in [2.05, 4.69) is 25.3 Å². The molecular weight excluding hydrogens is 349 g/mol. The number of nitrogens with zero attached hydrogens (tertiary/aromatic N) is 4. The Hall–Kier alpha value is -2.32. The molecule has 1 aromatic heterocycles. The van der Waals surface area contributed by atoms with Gasteiger partial charge >= 0.3 is 0 Å². The minimum atomic E-state index is -0.282. The van der Waals surface area contributed by atoms with Gasteiger partial charge in [-0.15, -0.1) is 0 Å². The summed E-state index contributed by atoms with van der Waals surface area (Å²) in [7, 11) is 0. The zero-order chi connectivity index (χ0) is 19.4. The summed E-state index contributed by atoms with van der Waals surface area (Å²) in [5, 5.41) is 6.83. The van der Waals surface area contributed by atoms with Crippen LogP contribution in [0.4, 0.5) is 4.39 Å². The predicted octanol–water partition coefficient (Wildman–Crippen LogP) is 2.00. The van der Waals surface area contributed by atoms with E-state index >= 15 is 0 Å². The van der Waals surface area contributed by atoms with Crippen molar-refractivity contribution in [2.45, 2.75) is 26.8 Å². The SMILES string of the molecule is CCNC(=O)CN1CCN(C(C)c2nc(-c3ccc(C)c(F)c3)no2)CC1. The topological polar surface area (TPSA) is 74.5 Å². The van der Waals surface area contributed by atoms with E-state index in [1.807, 2.05) is 13.8 Å². The first-order valence-corrected chi connectivity index (χ1v) is 9.31. The highest BCUT2D eigenvalue weighted by atomic mass is 19.1. The lowest BCUT2D eigenvalue weighted by molar-refractivity contribution is -0.122. The van der Waals surface area contributed by atoms with Crippen molar-refractivity contribution in [3.8, 4) is 11.4 Å². The monoisotopic (exact) mass is 375 g/mol. The summed E-state index contributed by atoms with van der Waals surface area (Å²) in [6.07, 6.45) is 0. The van der Waals surface area contributed by atoms with Crippen molar-refractivity contribution in [2.24, 2.45) is 0 Å². The van der Waals surface area contributed by atoms with Crippen molar-refractivity contribution in [3.05, 3.63) is 35.5 Å². The molecule has 0 bridgehead atoms. The number of hydrogen-bond acceptors (Lipinski definition) is 6. The van der Waals surface area contributed by atoms with Crippen molar-refractivity contribution in [1.29, 1.82) is 0 Å². The average Bonchev–Trinajstić information content (AvgIpc) is 3.14. The summed E-state index contributed by atoms with van der Waals surface area (Å²) in [4.78, 5) is 20.6. The lowest BCUT2D eigenvalue weighted by Gasteiger charge is -2.36. The zero-order valence-corrected chi connectivity index (χ0v) is 16.0. The number of hydrogen-bond donors (Lipinski definition) is 1. The molecule has 1 N–H and O–H groups in total. The van der Waals surface area contributed by atoms with Gasteiger partial charge in [0, 0.05) is 38.3 Å². The molecule has 3 rings (SSSR count). The molecule has 0 radical (unpaired) electrons. The van der Waals surface area contributed by atoms with Crippen molar-refractivity contribution >= 4 is 5.91 Å². The number of likely N-dealkylation sites (N-methyl/N-ethyl adjacent to an activating group) is 1. The number of halogens is 1. The third kappa shape index (κ3) is 4.70. The molecule has 2 aromatic rings. The third-order valence-corrected chi connectivity index (χ3v) is 4.92. The molecule has 146 valence electrons. The van der Waals surface area contributed by atoms with Crippen LogP contribution < -0.4 is 5.32 Å². The number of nitrogens with one attached hydrogen (secondary N) is 1. The highest BCUT2D eigenvalue weighted by Crippen LogP contribution is 2.24. The maximum Gasteiger partial charge on any atom is 0.244 e. The number of benzene rings is 1. The Bertz CT molecular complexity index is 786. The van der Waals surface area contributed by atoms with Gasteiger partial charge < -0.3 is 9.84 Å². The molecule has 27 heavy (non-hydrogen) atoms. The smallest absolute Gasteiger partial charge is 0.244 e. The second-order valence-corrected chi connectivity index (χ2v) is 6.86. The normalized spacial score (nSPS) is 17.0. The minimum Gasteiger partial charge on any atom is -0.355 e. The Morgan fingerprint density at radius 2 is 2.07 bits per heavy atom. The maximum absolute atomic E-state index is 13.8. The van der Waals surface area contributed by atoms with Crippen LogP contribution in [0.1, 0.15) is 31.3 Å². The molecule has 1 fully saturated rings. The molecule has 1 unspecified atom stereocenters. The number of aromatic nitrogens is 2. The Kier molecular flexibility index (Phi) is 6.18. The number of carbonyl (C=O) groups excluding carboxylic acids is 1. The second kappa shape index (κ2) is 8.58. The summed E-state index contributed by atoms with van der Waals surface area (Å²) in [6.45, 7) is 9.99. The Labute approximate surface area is 158 Å². The van der Waals surface area contributed by atoms with E-state index in [9.17, 15) is 9.18 Å². The van der Waals surface area contributed by atoms with E-state index < -0.39 is 0 Å². The maximum atomic E-state index is 13.8. The van der Waals surface area contributed by atoms with Crippen molar-refractivity contribution < 1.29 is 13.7 Å². The number of amides is 1. The fourth-order valence-corrected chi connectivity index (χ4v) is 3.18. The van der Waals surface area contributed by atoms with Crippen LogP contribution in [0.5, 0.6) is 0 Å². The number of carbonyl (C=O) groups is 1. The summed E-state index contributed by atoms with van der Waals surface area (Å²) in [5.74, 6) is 0.690. The van der Waals surface area contributed by atoms with Crippen LogP contribution in [-0.2, 0) is 4.79 Å². The number of rotatable bonds is 6. The molecule has 1 aromatic carbocycles. The first-order chi connectivity index (χ1) is 13.0. The van der Waals surface area contributed by atoms with Crippen molar-refractivity contribution in [2.75, 3.05) is 39.3 Å². The molecule has 0 spiro atoms. The average molecular weight is 375 g/mol. The van der Waals surface area contributed by atoms with Crippen LogP contribution in [-0.4, -0.2) is 65.1 Å². The molecule has 8 heteroatoms. The van der Waals surface area contributed by atoms with E-state index in [1.54, 1.807) is 19.1 Å². The van der Waals surface area contributed by atoms with Crippen LogP contribution in [0.15, 0.2) is 22.7 Å². The van der Waals surface area contributed by atoms with Crippen LogP contribution >= 0.6 is 0 Å². The minimum absolute atomic E-state index is 0.0341. The molecule has 1 atom stereocenters. The predicted molar refractivity (Wildman–Crippen MR) is 99.5 cm³/mol. The van der Waals surface area contributed by atoms with Crippen LogP contribution in [0.2, 0.25) is 0 Å². The van der Waals surface area contributed by atoms with Gasteiger partial charge in [-0.25, -0.2) is 4.39 Å². The van der Waals surface area contributed by atoms with E-state index in [1.165, 1.54) is 6.07 Å². The molecule has 1 saturated heterocycles. The lowest BCUT2D eigenvalue weighted by atomic mass is 10.1. The Morgan fingerprint density at radius 1 is 1.33 bits per heavy atom. The highest BCUT2D eigenvalue weighted by Gasteiger charge is 2.26. The van der Waals surface area contributed by atoms with Crippen molar-refractivity contribution in [3.63, 3.8) is 0 Å². The van der Waals surface area contributed by atoms with Gasteiger partial charge in [-0.2, -0.15) is 4.98 Å². The molecular formula is C19H26FN5O2. The number of piperazine rings is 1. The standard InChI is InChI=1S/C19H26FN5O2/c1-4-21-17(26)12-24-7-9-25(10-8-24)14(3)19-22-18(23-27-19)15-6-5-13(2)16(20)11-15/h5-6,11,14H,4,7-10,12H2,1-3H3,(H,21,26). The van der Waals surface area contributed by atoms with Gasteiger partial charge in [0.05, 0.1) is 12.6 Å². The number of aryl methyl sites for hydroxylation is 1. The van der Waals surface area contributed by atoms with E-state index in [0.29, 0.717) is 35.9 Å². The summed E-state index contributed by atoms with van der Waals surface area (Å²) in [6, 6.07) is 4.89. The van der Waals surface area contributed by atoms with Crippen LogP contribution in [0.25, 0.3) is 11.4 Å².